The Morgan fingerprint density at radius 3 is 2.53 bits per heavy atom. The first kappa shape index (κ1) is 13.9. The van der Waals surface area contributed by atoms with Gasteiger partial charge < -0.3 is 4.57 Å². The third kappa shape index (κ3) is 3.08. The van der Waals surface area contributed by atoms with E-state index >= 15 is 0 Å². The lowest BCUT2D eigenvalue weighted by molar-refractivity contribution is 0.609. The predicted octanol–water partition coefficient (Wildman–Crippen LogP) is 1.55. The lowest BCUT2D eigenvalue weighted by atomic mass is 10.2. The van der Waals surface area contributed by atoms with Gasteiger partial charge in [0.05, 0.1) is 11.4 Å². The van der Waals surface area contributed by atoms with Crippen molar-refractivity contribution in [1.29, 1.82) is 0 Å². The molecule has 0 fully saturated rings. The highest BCUT2D eigenvalue weighted by molar-refractivity contribution is 8.13. The number of imidazole rings is 1. The van der Waals surface area contributed by atoms with Crippen molar-refractivity contribution in [3.8, 4) is 5.69 Å². The van der Waals surface area contributed by atoms with Crippen molar-refractivity contribution >= 4 is 19.7 Å². The zero-order chi connectivity index (χ0) is 14.2. The standard InChI is InChI=1S/C12H13ClN2O3S/c1-9-7-14(2)12(16)15(9)11-5-3-4-10(6-11)8-19(13,17)18/h3-7H,8H2,1-2H3. The van der Waals surface area contributed by atoms with E-state index in [4.69, 9.17) is 10.7 Å². The van der Waals surface area contributed by atoms with Crippen molar-refractivity contribution in [2.45, 2.75) is 12.7 Å². The normalized spacial score (nSPS) is 11.7. The molecule has 0 spiro atoms. The Bertz CT molecular complexity index is 775. The summed E-state index contributed by atoms with van der Waals surface area (Å²) in [5, 5.41) is 0. The predicted molar refractivity (Wildman–Crippen MR) is 74.2 cm³/mol. The molecular weight excluding hydrogens is 288 g/mol. The van der Waals surface area contributed by atoms with Crippen LogP contribution in [0.15, 0.2) is 35.3 Å². The van der Waals surface area contributed by atoms with E-state index in [1.807, 2.05) is 6.92 Å². The molecule has 0 amide bonds. The first-order valence-corrected chi connectivity index (χ1v) is 8.02. The van der Waals surface area contributed by atoms with Gasteiger partial charge >= 0.3 is 5.69 Å². The second kappa shape index (κ2) is 4.86. The van der Waals surface area contributed by atoms with Crippen LogP contribution in [0.2, 0.25) is 0 Å². The van der Waals surface area contributed by atoms with Crippen LogP contribution in [0, 0.1) is 6.92 Å². The van der Waals surface area contributed by atoms with Crippen LogP contribution in [0.1, 0.15) is 11.3 Å². The summed E-state index contributed by atoms with van der Waals surface area (Å²) < 4.78 is 25.1. The molecule has 0 radical (unpaired) electrons. The third-order valence-electron chi connectivity index (χ3n) is 2.73. The summed E-state index contributed by atoms with van der Waals surface area (Å²) in [5.74, 6) is -0.261. The molecule has 1 aromatic heterocycles. The Morgan fingerprint density at radius 2 is 2.00 bits per heavy atom. The summed E-state index contributed by atoms with van der Waals surface area (Å²) in [5.41, 5.74) is 1.77. The number of halogens is 1. The average Bonchev–Trinajstić information content (AvgIpc) is 2.51. The smallest absolute Gasteiger partial charge is 0.302 e. The molecule has 0 atom stereocenters. The molecule has 0 unspecified atom stereocenters. The third-order valence-corrected chi connectivity index (χ3v) is 3.74. The van der Waals surface area contributed by atoms with Gasteiger partial charge in [-0.15, -0.1) is 0 Å². The monoisotopic (exact) mass is 300 g/mol. The molecule has 0 saturated carbocycles. The van der Waals surface area contributed by atoms with Gasteiger partial charge in [0.1, 0.15) is 0 Å². The minimum Gasteiger partial charge on any atom is -0.302 e. The zero-order valence-corrected chi connectivity index (χ0v) is 12.1. The largest absolute Gasteiger partial charge is 0.332 e. The van der Waals surface area contributed by atoms with E-state index in [-0.39, 0.29) is 11.4 Å². The molecule has 1 aromatic carbocycles. The second-order valence-electron chi connectivity index (χ2n) is 4.35. The van der Waals surface area contributed by atoms with E-state index in [1.165, 1.54) is 9.13 Å². The van der Waals surface area contributed by atoms with Crippen LogP contribution in [0.5, 0.6) is 0 Å². The number of nitrogens with zero attached hydrogens (tertiary/aromatic N) is 2. The van der Waals surface area contributed by atoms with Crippen molar-refractivity contribution in [3.05, 3.63) is 52.2 Å². The van der Waals surface area contributed by atoms with Crippen molar-refractivity contribution in [2.75, 3.05) is 0 Å². The van der Waals surface area contributed by atoms with Crippen LogP contribution >= 0.6 is 10.7 Å². The van der Waals surface area contributed by atoms with Gasteiger partial charge in [0.2, 0.25) is 9.05 Å². The molecule has 2 aromatic rings. The van der Waals surface area contributed by atoms with Gasteiger partial charge in [0.25, 0.3) is 0 Å². The van der Waals surface area contributed by atoms with Gasteiger partial charge in [-0.2, -0.15) is 0 Å². The van der Waals surface area contributed by atoms with Crippen molar-refractivity contribution < 1.29 is 8.42 Å². The first-order chi connectivity index (χ1) is 8.78. The van der Waals surface area contributed by atoms with Gasteiger partial charge in [-0.25, -0.2) is 13.2 Å². The number of benzene rings is 1. The Labute approximate surface area is 115 Å². The maximum Gasteiger partial charge on any atom is 0.332 e. The van der Waals surface area contributed by atoms with E-state index in [2.05, 4.69) is 0 Å². The SMILES string of the molecule is Cc1cn(C)c(=O)n1-c1cccc(CS(=O)(=O)Cl)c1. The van der Waals surface area contributed by atoms with Crippen LogP contribution < -0.4 is 5.69 Å². The molecule has 19 heavy (non-hydrogen) atoms. The molecule has 2 rings (SSSR count). The maximum absolute atomic E-state index is 12.0. The van der Waals surface area contributed by atoms with Gasteiger partial charge in [-0.05, 0) is 24.6 Å². The zero-order valence-electron chi connectivity index (χ0n) is 10.5. The minimum atomic E-state index is -3.61. The van der Waals surface area contributed by atoms with Crippen LogP contribution in [0.25, 0.3) is 5.69 Å². The molecule has 5 nitrogen and oxygen atoms in total. The van der Waals surface area contributed by atoms with Crippen LogP contribution in [-0.4, -0.2) is 17.6 Å². The topological polar surface area (TPSA) is 61.1 Å². The van der Waals surface area contributed by atoms with E-state index in [1.54, 1.807) is 37.5 Å². The van der Waals surface area contributed by atoms with E-state index in [9.17, 15) is 13.2 Å². The number of aryl methyl sites for hydroxylation is 2. The molecule has 0 aliphatic carbocycles. The van der Waals surface area contributed by atoms with E-state index < -0.39 is 9.05 Å². The fourth-order valence-electron chi connectivity index (χ4n) is 2.00. The Kier molecular flexibility index (Phi) is 3.56. The number of aromatic nitrogens is 2. The maximum atomic E-state index is 12.0. The quantitative estimate of drug-likeness (QED) is 0.808. The van der Waals surface area contributed by atoms with E-state index in [0.29, 0.717) is 11.3 Å². The number of hydrogen-bond acceptors (Lipinski definition) is 3. The van der Waals surface area contributed by atoms with Crippen LogP contribution in [0.3, 0.4) is 0 Å². The molecule has 0 bridgehead atoms. The lowest BCUT2D eigenvalue weighted by Crippen LogP contribution is -2.21. The fourth-order valence-corrected chi connectivity index (χ4v) is 2.96. The number of rotatable bonds is 3. The lowest BCUT2D eigenvalue weighted by Gasteiger charge is -2.06. The molecule has 0 N–H and O–H groups in total. The molecule has 1 heterocycles. The van der Waals surface area contributed by atoms with E-state index in [0.717, 1.165) is 5.69 Å². The molecule has 0 aliphatic rings. The molecule has 102 valence electrons. The Balaban J connectivity index is 2.52. The van der Waals surface area contributed by atoms with Gasteiger partial charge in [-0.3, -0.25) is 4.57 Å². The highest BCUT2D eigenvalue weighted by atomic mass is 35.7. The van der Waals surface area contributed by atoms with Crippen molar-refractivity contribution in [2.24, 2.45) is 7.05 Å². The van der Waals surface area contributed by atoms with Crippen LogP contribution in [0.4, 0.5) is 0 Å². The molecular formula is C12H13ClN2O3S. The molecule has 0 saturated heterocycles. The van der Waals surface area contributed by atoms with Gasteiger partial charge in [0, 0.05) is 29.6 Å². The summed E-state index contributed by atoms with van der Waals surface area (Å²) in [6, 6.07) is 6.76. The number of hydrogen-bond donors (Lipinski definition) is 0. The summed E-state index contributed by atoms with van der Waals surface area (Å²) in [6.07, 6.45) is 1.72. The summed E-state index contributed by atoms with van der Waals surface area (Å²) in [7, 11) is 3.29. The molecule has 0 aliphatic heterocycles. The molecule has 7 heteroatoms. The fraction of sp³-hybridized carbons (Fsp3) is 0.250. The Hall–Kier alpha value is -1.53. The van der Waals surface area contributed by atoms with Crippen molar-refractivity contribution in [1.82, 2.24) is 9.13 Å². The summed E-state index contributed by atoms with van der Waals surface area (Å²) in [6.45, 7) is 1.81. The van der Waals surface area contributed by atoms with Crippen molar-refractivity contribution in [3.63, 3.8) is 0 Å². The second-order valence-corrected chi connectivity index (χ2v) is 7.13. The highest BCUT2D eigenvalue weighted by Crippen LogP contribution is 2.15. The Morgan fingerprint density at radius 1 is 1.32 bits per heavy atom. The average molecular weight is 301 g/mol. The minimum absolute atomic E-state index is 0.177. The summed E-state index contributed by atoms with van der Waals surface area (Å²) in [4.78, 5) is 12.0. The summed E-state index contributed by atoms with van der Waals surface area (Å²) >= 11 is 0. The van der Waals surface area contributed by atoms with Crippen LogP contribution in [-0.2, 0) is 21.9 Å². The highest BCUT2D eigenvalue weighted by Gasteiger charge is 2.11. The van der Waals surface area contributed by atoms with Gasteiger partial charge in [-0.1, -0.05) is 12.1 Å². The van der Waals surface area contributed by atoms with Gasteiger partial charge in [0.15, 0.2) is 0 Å². The first-order valence-electron chi connectivity index (χ1n) is 5.54.